The van der Waals surface area contributed by atoms with Gasteiger partial charge in [0.05, 0.1) is 18.2 Å². The first-order chi connectivity index (χ1) is 15.2. The first-order valence-electron chi connectivity index (χ1n) is 10.3. The van der Waals surface area contributed by atoms with Crippen LogP contribution in [-0.2, 0) is 0 Å². The van der Waals surface area contributed by atoms with Crippen LogP contribution < -0.4 is 9.64 Å². The van der Waals surface area contributed by atoms with Gasteiger partial charge < -0.3 is 19.5 Å². The number of H-pyrrole nitrogens is 1. The highest BCUT2D eigenvalue weighted by molar-refractivity contribution is 6.09. The Labute approximate surface area is 180 Å². The molecular formula is C24H23N5O2. The third kappa shape index (κ3) is 3.59. The predicted octanol–water partition coefficient (Wildman–Crippen LogP) is 3.60. The van der Waals surface area contributed by atoms with Crippen LogP contribution in [0, 0.1) is 0 Å². The fraction of sp³-hybridized carbons (Fsp3) is 0.208. The lowest BCUT2D eigenvalue weighted by atomic mass is 10.1. The van der Waals surface area contributed by atoms with Crippen LogP contribution in [0.4, 0.5) is 5.69 Å². The molecule has 7 nitrogen and oxygen atoms in total. The van der Waals surface area contributed by atoms with E-state index in [2.05, 4.69) is 32.0 Å². The van der Waals surface area contributed by atoms with E-state index in [0.29, 0.717) is 24.5 Å². The molecule has 2 aromatic heterocycles. The van der Waals surface area contributed by atoms with Crippen molar-refractivity contribution in [2.75, 3.05) is 38.2 Å². The number of piperazine rings is 1. The van der Waals surface area contributed by atoms with Crippen LogP contribution in [0.1, 0.15) is 10.4 Å². The van der Waals surface area contributed by atoms with Crippen molar-refractivity contribution in [2.45, 2.75) is 0 Å². The molecule has 1 aliphatic heterocycles. The number of anilines is 1. The zero-order valence-corrected chi connectivity index (χ0v) is 17.3. The van der Waals surface area contributed by atoms with E-state index in [1.165, 1.54) is 0 Å². The van der Waals surface area contributed by atoms with Crippen LogP contribution in [0.3, 0.4) is 0 Å². The quantitative estimate of drug-likeness (QED) is 0.553. The maximum Gasteiger partial charge on any atom is 0.256 e. The molecular weight excluding hydrogens is 390 g/mol. The Hall–Kier alpha value is -3.87. The monoisotopic (exact) mass is 413 g/mol. The average molecular weight is 413 g/mol. The molecule has 0 unspecified atom stereocenters. The lowest BCUT2D eigenvalue weighted by Gasteiger charge is -2.36. The van der Waals surface area contributed by atoms with Crippen LogP contribution in [0.5, 0.6) is 5.75 Å². The minimum atomic E-state index is 0.0479. The number of methoxy groups -OCH3 is 1. The van der Waals surface area contributed by atoms with E-state index in [-0.39, 0.29) is 5.91 Å². The van der Waals surface area contributed by atoms with Gasteiger partial charge in [0.2, 0.25) is 0 Å². The first kappa shape index (κ1) is 19.1. The summed E-state index contributed by atoms with van der Waals surface area (Å²) in [6.07, 6.45) is 5.24. The highest BCUT2D eigenvalue weighted by Crippen LogP contribution is 2.29. The molecule has 1 saturated heterocycles. The largest absolute Gasteiger partial charge is 0.497 e. The van der Waals surface area contributed by atoms with E-state index in [1.54, 1.807) is 31.8 Å². The second-order valence-electron chi connectivity index (χ2n) is 7.48. The van der Waals surface area contributed by atoms with E-state index in [0.717, 1.165) is 41.0 Å². The molecule has 0 spiro atoms. The number of hydrogen-bond acceptors (Lipinski definition) is 5. The molecule has 0 radical (unpaired) electrons. The summed E-state index contributed by atoms with van der Waals surface area (Å²) in [7, 11) is 1.67. The maximum atomic E-state index is 13.3. The number of nitrogens with one attached hydrogen (secondary N) is 1. The minimum Gasteiger partial charge on any atom is -0.497 e. The summed E-state index contributed by atoms with van der Waals surface area (Å²) in [6, 6.07) is 15.7. The maximum absolute atomic E-state index is 13.3. The van der Waals surface area contributed by atoms with Gasteiger partial charge in [-0.3, -0.25) is 4.79 Å². The van der Waals surface area contributed by atoms with Gasteiger partial charge in [0.25, 0.3) is 5.91 Å². The standard InChI is InChI=1S/C24H23N5O2/c1-31-18-8-6-17(7-9-18)28-12-14-29(15-13-28)24(30)21-16-27-22-19(21)4-2-5-20(22)23-25-10-3-11-26-23/h2-11,16,27H,12-15H2,1H3. The van der Waals surface area contributed by atoms with Crippen molar-refractivity contribution < 1.29 is 9.53 Å². The lowest BCUT2D eigenvalue weighted by molar-refractivity contribution is 0.0749. The van der Waals surface area contributed by atoms with Crippen LogP contribution in [-0.4, -0.2) is 59.0 Å². The molecule has 5 rings (SSSR count). The number of amides is 1. The van der Waals surface area contributed by atoms with Gasteiger partial charge in [0, 0.05) is 61.4 Å². The molecule has 3 heterocycles. The summed E-state index contributed by atoms with van der Waals surface area (Å²) in [5.41, 5.74) is 3.61. The molecule has 2 aromatic carbocycles. The fourth-order valence-corrected chi connectivity index (χ4v) is 4.09. The SMILES string of the molecule is COc1ccc(N2CCN(C(=O)c3c[nH]c4c(-c5ncccn5)cccc34)CC2)cc1. The van der Waals surface area contributed by atoms with Crippen LogP contribution in [0.25, 0.3) is 22.3 Å². The van der Waals surface area contributed by atoms with Crippen molar-refractivity contribution in [1.29, 1.82) is 0 Å². The van der Waals surface area contributed by atoms with Crippen molar-refractivity contribution in [3.63, 3.8) is 0 Å². The van der Waals surface area contributed by atoms with Crippen LogP contribution in [0.2, 0.25) is 0 Å². The number of para-hydroxylation sites is 1. The first-order valence-corrected chi connectivity index (χ1v) is 10.3. The number of hydrogen-bond donors (Lipinski definition) is 1. The molecule has 7 heteroatoms. The summed E-state index contributed by atoms with van der Waals surface area (Å²) in [6.45, 7) is 2.95. The normalized spacial score (nSPS) is 14.1. The summed E-state index contributed by atoms with van der Waals surface area (Å²) in [5, 5.41) is 0.896. The number of aromatic amines is 1. The molecule has 0 saturated carbocycles. The number of ether oxygens (including phenoxy) is 1. The summed E-state index contributed by atoms with van der Waals surface area (Å²) >= 11 is 0. The van der Waals surface area contributed by atoms with Crippen molar-refractivity contribution in [3.05, 3.63) is 72.7 Å². The minimum absolute atomic E-state index is 0.0479. The molecule has 156 valence electrons. The van der Waals surface area contributed by atoms with Gasteiger partial charge in [-0.25, -0.2) is 9.97 Å². The predicted molar refractivity (Wildman–Crippen MR) is 120 cm³/mol. The number of carbonyl (C=O) groups is 1. The molecule has 0 bridgehead atoms. The number of carbonyl (C=O) groups excluding carboxylic acids is 1. The Morgan fingerprint density at radius 1 is 0.968 bits per heavy atom. The van der Waals surface area contributed by atoms with Gasteiger partial charge in [-0.05, 0) is 36.4 Å². The van der Waals surface area contributed by atoms with Gasteiger partial charge in [-0.2, -0.15) is 0 Å². The molecule has 4 aromatic rings. The van der Waals surface area contributed by atoms with E-state index in [1.807, 2.05) is 35.2 Å². The third-order valence-corrected chi connectivity index (χ3v) is 5.76. The third-order valence-electron chi connectivity index (χ3n) is 5.76. The lowest BCUT2D eigenvalue weighted by Crippen LogP contribution is -2.48. The van der Waals surface area contributed by atoms with Crippen LogP contribution in [0.15, 0.2) is 67.1 Å². The van der Waals surface area contributed by atoms with Gasteiger partial charge in [-0.15, -0.1) is 0 Å². The van der Waals surface area contributed by atoms with E-state index in [9.17, 15) is 4.79 Å². The Kier molecular flexibility index (Phi) is 5.00. The smallest absolute Gasteiger partial charge is 0.256 e. The van der Waals surface area contributed by atoms with Crippen molar-refractivity contribution >= 4 is 22.5 Å². The highest BCUT2D eigenvalue weighted by Gasteiger charge is 2.25. The topological polar surface area (TPSA) is 74.3 Å². The van der Waals surface area contributed by atoms with Gasteiger partial charge in [0.1, 0.15) is 5.75 Å². The zero-order chi connectivity index (χ0) is 21.2. The van der Waals surface area contributed by atoms with E-state index in [4.69, 9.17) is 4.74 Å². The van der Waals surface area contributed by atoms with E-state index >= 15 is 0 Å². The molecule has 1 amide bonds. The van der Waals surface area contributed by atoms with Crippen molar-refractivity contribution in [1.82, 2.24) is 19.9 Å². The second-order valence-corrected chi connectivity index (χ2v) is 7.48. The highest BCUT2D eigenvalue weighted by atomic mass is 16.5. The van der Waals surface area contributed by atoms with Gasteiger partial charge >= 0.3 is 0 Å². The van der Waals surface area contributed by atoms with Crippen LogP contribution >= 0.6 is 0 Å². The van der Waals surface area contributed by atoms with Crippen molar-refractivity contribution in [2.24, 2.45) is 0 Å². The second kappa shape index (κ2) is 8.10. The Morgan fingerprint density at radius 2 is 1.71 bits per heavy atom. The number of nitrogens with zero attached hydrogens (tertiary/aromatic N) is 4. The van der Waals surface area contributed by atoms with Crippen molar-refractivity contribution in [3.8, 4) is 17.1 Å². The Bertz CT molecular complexity index is 1200. The Morgan fingerprint density at radius 3 is 2.42 bits per heavy atom. The summed E-state index contributed by atoms with van der Waals surface area (Å²) < 4.78 is 5.24. The summed E-state index contributed by atoms with van der Waals surface area (Å²) in [5.74, 6) is 1.53. The molecule has 0 aliphatic carbocycles. The summed E-state index contributed by atoms with van der Waals surface area (Å²) in [4.78, 5) is 29.5. The fourth-order valence-electron chi connectivity index (χ4n) is 4.09. The van der Waals surface area contributed by atoms with Gasteiger partial charge in [0.15, 0.2) is 5.82 Å². The number of fused-ring (bicyclic) bond motifs is 1. The Balaban J connectivity index is 1.34. The molecule has 1 N–H and O–H groups in total. The molecule has 0 atom stereocenters. The number of benzene rings is 2. The average Bonchev–Trinajstić information content (AvgIpc) is 3.29. The number of rotatable bonds is 4. The molecule has 1 aliphatic rings. The van der Waals surface area contributed by atoms with E-state index < -0.39 is 0 Å². The van der Waals surface area contributed by atoms with Gasteiger partial charge in [-0.1, -0.05) is 12.1 Å². The molecule has 31 heavy (non-hydrogen) atoms. The zero-order valence-electron chi connectivity index (χ0n) is 17.3. The number of aromatic nitrogens is 3. The molecule has 1 fully saturated rings.